The first-order chi connectivity index (χ1) is 6.33. The molecule has 0 fully saturated rings. The van der Waals surface area contributed by atoms with Crippen LogP contribution in [0.2, 0.25) is 0 Å². The molecule has 0 aliphatic rings. The van der Waals surface area contributed by atoms with Crippen LogP contribution in [0.3, 0.4) is 0 Å². The maximum Gasteiger partial charge on any atom is 0.327 e. The van der Waals surface area contributed by atoms with Gasteiger partial charge in [0.05, 0.1) is 25.4 Å². The van der Waals surface area contributed by atoms with Gasteiger partial charge in [-0.15, -0.1) is 0 Å². The topological polar surface area (TPSA) is 87.0 Å². The maximum atomic E-state index is 9.25. The summed E-state index contributed by atoms with van der Waals surface area (Å²) in [5, 5.41) is 24.9. The van der Waals surface area contributed by atoms with E-state index >= 15 is 0 Å². The molecule has 14 heavy (non-hydrogen) atoms. The van der Waals surface area contributed by atoms with Crippen molar-refractivity contribution < 1.29 is 24.9 Å². The number of rotatable bonds is 5. The van der Waals surface area contributed by atoms with Gasteiger partial charge >= 0.3 is 5.97 Å². The molecule has 5 heteroatoms. The summed E-state index contributed by atoms with van der Waals surface area (Å²) in [5.41, 5.74) is -0.783. The third-order valence-corrected chi connectivity index (χ3v) is 0.866. The minimum absolute atomic E-state index is 0.0100. The summed E-state index contributed by atoms with van der Waals surface area (Å²) in [6.45, 7) is 6.85. The summed E-state index contributed by atoms with van der Waals surface area (Å²) in [7, 11) is 0. The van der Waals surface area contributed by atoms with Crippen molar-refractivity contribution in [2.45, 2.75) is 19.4 Å². The van der Waals surface area contributed by atoms with E-state index in [1.165, 1.54) is 0 Å². The molecule has 0 rings (SSSR count). The second-order valence-electron chi connectivity index (χ2n) is 3.13. The van der Waals surface area contributed by atoms with Gasteiger partial charge < -0.3 is 20.1 Å². The van der Waals surface area contributed by atoms with Crippen LogP contribution in [0.15, 0.2) is 12.7 Å². The van der Waals surface area contributed by atoms with Crippen molar-refractivity contribution in [1.29, 1.82) is 0 Å². The van der Waals surface area contributed by atoms with Crippen molar-refractivity contribution in [3.63, 3.8) is 0 Å². The molecule has 0 saturated heterocycles. The number of aliphatic hydroxyl groups is 2. The zero-order chi connectivity index (χ0) is 11.6. The Hall–Kier alpha value is -0.910. The number of aliphatic carboxylic acids is 1. The quantitative estimate of drug-likeness (QED) is 0.436. The highest BCUT2D eigenvalue weighted by molar-refractivity contribution is 5.78. The lowest BCUT2D eigenvalue weighted by Gasteiger charge is -2.15. The first-order valence-corrected chi connectivity index (χ1v) is 4.10. The fourth-order valence-electron chi connectivity index (χ4n) is 0.386. The van der Waals surface area contributed by atoms with Gasteiger partial charge in [0.1, 0.15) is 0 Å². The van der Waals surface area contributed by atoms with E-state index in [0.717, 1.165) is 6.08 Å². The number of carboxylic acid groups (broad SMARTS) is 1. The van der Waals surface area contributed by atoms with E-state index in [-0.39, 0.29) is 13.2 Å². The summed E-state index contributed by atoms with van der Waals surface area (Å²) in [6.07, 6.45) is 0.833. The molecule has 84 valence electrons. The van der Waals surface area contributed by atoms with E-state index in [4.69, 9.17) is 20.1 Å². The van der Waals surface area contributed by atoms with Crippen LogP contribution in [0.5, 0.6) is 0 Å². The van der Waals surface area contributed by atoms with Crippen molar-refractivity contribution in [1.82, 2.24) is 0 Å². The van der Waals surface area contributed by atoms with Crippen molar-refractivity contribution >= 4 is 5.97 Å². The standard InChI is InChI=1S/C6H14O3.C3H4O2/c1-6(2,8)5-9-4-3-7;1-2-3(4)5/h7-8H,3-5H2,1-2H3;2H,1H2,(H,4,5). The molecule has 0 aromatic carbocycles. The predicted octanol–water partition coefficient (Wildman–Crippen LogP) is 0.0232. The molecule has 0 aromatic rings. The molecule has 0 saturated carbocycles. The molecule has 0 aromatic heterocycles. The molecule has 5 nitrogen and oxygen atoms in total. The third kappa shape index (κ3) is 22.5. The molecule has 0 aliphatic heterocycles. The van der Waals surface area contributed by atoms with Crippen LogP contribution in [-0.4, -0.2) is 46.7 Å². The van der Waals surface area contributed by atoms with E-state index < -0.39 is 11.6 Å². The van der Waals surface area contributed by atoms with E-state index in [1.54, 1.807) is 13.8 Å². The van der Waals surface area contributed by atoms with E-state index in [2.05, 4.69) is 6.58 Å². The van der Waals surface area contributed by atoms with Crippen LogP contribution in [0.1, 0.15) is 13.8 Å². The Morgan fingerprint density at radius 2 is 2.00 bits per heavy atom. The highest BCUT2D eigenvalue weighted by atomic mass is 16.5. The van der Waals surface area contributed by atoms with Gasteiger partial charge in [-0.3, -0.25) is 0 Å². The molecule has 0 heterocycles. The van der Waals surface area contributed by atoms with E-state index in [9.17, 15) is 4.79 Å². The molecule has 0 spiro atoms. The molecule has 0 aliphatic carbocycles. The summed E-state index contributed by atoms with van der Waals surface area (Å²) < 4.78 is 4.85. The predicted molar refractivity (Wildman–Crippen MR) is 52.0 cm³/mol. The number of ether oxygens (including phenoxy) is 1. The van der Waals surface area contributed by atoms with Gasteiger partial charge in [-0.05, 0) is 13.8 Å². The molecule has 0 unspecified atom stereocenters. The van der Waals surface area contributed by atoms with Crippen LogP contribution >= 0.6 is 0 Å². The van der Waals surface area contributed by atoms with Crippen LogP contribution in [0.25, 0.3) is 0 Å². The Bertz CT molecular complexity index is 159. The first kappa shape index (κ1) is 15.6. The van der Waals surface area contributed by atoms with Crippen LogP contribution in [0.4, 0.5) is 0 Å². The van der Waals surface area contributed by atoms with Crippen molar-refractivity contribution in [2.24, 2.45) is 0 Å². The lowest BCUT2D eigenvalue weighted by atomic mass is 10.2. The second kappa shape index (κ2) is 8.68. The lowest BCUT2D eigenvalue weighted by Crippen LogP contribution is -2.26. The average molecular weight is 206 g/mol. The Morgan fingerprint density at radius 3 is 2.21 bits per heavy atom. The number of aliphatic hydroxyl groups excluding tert-OH is 1. The maximum absolute atomic E-state index is 9.25. The van der Waals surface area contributed by atoms with Crippen molar-refractivity contribution in [2.75, 3.05) is 19.8 Å². The molecule has 0 bridgehead atoms. The van der Waals surface area contributed by atoms with Crippen LogP contribution in [0, 0.1) is 0 Å². The molecule has 3 N–H and O–H groups in total. The van der Waals surface area contributed by atoms with Gasteiger partial charge in [-0.25, -0.2) is 4.79 Å². The van der Waals surface area contributed by atoms with Crippen LogP contribution in [-0.2, 0) is 9.53 Å². The highest BCUT2D eigenvalue weighted by Crippen LogP contribution is 1.99. The fraction of sp³-hybridized carbons (Fsp3) is 0.667. The van der Waals surface area contributed by atoms with E-state index in [0.29, 0.717) is 6.61 Å². The summed E-state index contributed by atoms with van der Waals surface area (Å²) in [5.74, 6) is -0.981. The van der Waals surface area contributed by atoms with Gasteiger partial charge in [0.25, 0.3) is 0 Å². The van der Waals surface area contributed by atoms with Gasteiger partial charge in [0.2, 0.25) is 0 Å². The van der Waals surface area contributed by atoms with Gasteiger partial charge in [-0.2, -0.15) is 0 Å². The van der Waals surface area contributed by atoms with Gasteiger partial charge in [-0.1, -0.05) is 6.58 Å². The van der Waals surface area contributed by atoms with Crippen molar-refractivity contribution in [3.05, 3.63) is 12.7 Å². The zero-order valence-electron chi connectivity index (χ0n) is 8.56. The Balaban J connectivity index is 0. The summed E-state index contributed by atoms with van der Waals surface area (Å²) in [4.78, 5) is 9.25. The van der Waals surface area contributed by atoms with Crippen molar-refractivity contribution in [3.8, 4) is 0 Å². The zero-order valence-corrected chi connectivity index (χ0v) is 8.56. The van der Waals surface area contributed by atoms with Gasteiger partial charge in [0.15, 0.2) is 0 Å². The molecular formula is C9H18O5. The Kier molecular flexibility index (Phi) is 9.64. The smallest absolute Gasteiger partial charge is 0.327 e. The monoisotopic (exact) mass is 206 g/mol. The molecular weight excluding hydrogens is 188 g/mol. The molecule has 0 radical (unpaired) electrons. The normalized spacial score (nSPS) is 10.0. The summed E-state index contributed by atoms with van der Waals surface area (Å²) in [6, 6.07) is 0. The highest BCUT2D eigenvalue weighted by Gasteiger charge is 2.11. The Labute approximate surface area is 83.6 Å². The number of hydrogen-bond acceptors (Lipinski definition) is 4. The third-order valence-electron chi connectivity index (χ3n) is 0.866. The average Bonchev–Trinajstić information content (AvgIpc) is 2.04. The molecule has 0 atom stereocenters. The summed E-state index contributed by atoms with van der Waals surface area (Å²) >= 11 is 0. The SMILES string of the molecule is C=CC(=O)O.CC(C)(O)COCCO. The molecule has 0 amide bonds. The lowest BCUT2D eigenvalue weighted by molar-refractivity contribution is -0.131. The number of carboxylic acids is 1. The largest absolute Gasteiger partial charge is 0.478 e. The van der Waals surface area contributed by atoms with Gasteiger partial charge in [0, 0.05) is 6.08 Å². The minimum Gasteiger partial charge on any atom is -0.478 e. The fourth-order valence-corrected chi connectivity index (χ4v) is 0.386. The number of carbonyl (C=O) groups is 1. The second-order valence-corrected chi connectivity index (χ2v) is 3.13. The van der Waals surface area contributed by atoms with E-state index in [1.807, 2.05) is 0 Å². The minimum atomic E-state index is -0.981. The first-order valence-electron chi connectivity index (χ1n) is 4.10. The van der Waals surface area contributed by atoms with Crippen LogP contribution < -0.4 is 0 Å². The number of hydrogen-bond donors (Lipinski definition) is 3. The Morgan fingerprint density at radius 1 is 1.57 bits per heavy atom.